The van der Waals surface area contributed by atoms with Gasteiger partial charge >= 0.3 is 0 Å². The summed E-state index contributed by atoms with van der Waals surface area (Å²) >= 11 is 6.03. The van der Waals surface area contributed by atoms with Crippen LogP contribution < -0.4 is 10.1 Å². The van der Waals surface area contributed by atoms with Gasteiger partial charge in [-0.15, -0.1) is 0 Å². The monoisotopic (exact) mass is 463 g/mol. The number of amides is 1. The molecule has 0 saturated heterocycles. The molecule has 0 saturated carbocycles. The van der Waals surface area contributed by atoms with E-state index in [1.165, 1.54) is 5.56 Å². The van der Waals surface area contributed by atoms with Gasteiger partial charge in [0.2, 0.25) is 0 Å². The number of benzene rings is 2. The van der Waals surface area contributed by atoms with Crippen molar-refractivity contribution in [2.24, 2.45) is 0 Å². The lowest BCUT2D eigenvalue weighted by molar-refractivity contribution is 0.0992. The summed E-state index contributed by atoms with van der Waals surface area (Å²) in [5.74, 6) is 1.72. The molecule has 0 bridgehead atoms. The topological polar surface area (TPSA) is 69.3 Å². The van der Waals surface area contributed by atoms with Gasteiger partial charge in [0.05, 0.1) is 18.4 Å². The number of hydrogen-bond acceptors (Lipinski definition) is 4. The highest BCUT2D eigenvalue weighted by atomic mass is 35.5. The van der Waals surface area contributed by atoms with Crippen LogP contribution in [0.2, 0.25) is 5.02 Å². The highest BCUT2D eigenvalue weighted by Gasteiger charge is 2.13. The van der Waals surface area contributed by atoms with Crippen molar-refractivity contribution in [3.05, 3.63) is 101 Å². The van der Waals surface area contributed by atoms with E-state index in [9.17, 15) is 4.79 Å². The Balaban J connectivity index is 1.30. The number of rotatable bonds is 9. The molecule has 33 heavy (non-hydrogen) atoms. The Kier molecular flexibility index (Phi) is 7.15. The Morgan fingerprint density at radius 1 is 1.18 bits per heavy atom. The number of anilines is 1. The molecule has 1 N–H and O–H groups in total. The van der Waals surface area contributed by atoms with Crippen molar-refractivity contribution in [1.82, 2.24) is 9.78 Å². The van der Waals surface area contributed by atoms with Crippen LogP contribution in [0.4, 0.5) is 5.69 Å². The largest absolute Gasteiger partial charge is 0.486 e. The van der Waals surface area contributed by atoms with E-state index in [1.807, 2.05) is 36.4 Å². The molecular weight excluding hydrogens is 438 g/mol. The standard InChI is InChI=1S/C26H26ClN3O3/c1-3-18(2)20-7-9-23(10-8-20)32-17-24-11-12-25(33-24)26(31)29-22-14-28-30(16-22)15-19-5-4-6-21(27)13-19/h4-14,16,18H,3,15,17H2,1-2H3,(H,29,31). The molecule has 4 aromatic rings. The number of ether oxygens (including phenoxy) is 1. The summed E-state index contributed by atoms with van der Waals surface area (Å²) in [5.41, 5.74) is 2.89. The second-order valence-electron chi connectivity index (χ2n) is 7.94. The summed E-state index contributed by atoms with van der Waals surface area (Å²) in [6, 6.07) is 19.0. The number of halogens is 1. The maximum Gasteiger partial charge on any atom is 0.291 e. The Hall–Kier alpha value is -3.51. The zero-order valence-electron chi connectivity index (χ0n) is 18.6. The van der Waals surface area contributed by atoms with Gasteiger partial charge in [0, 0.05) is 11.2 Å². The summed E-state index contributed by atoms with van der Waals surface area (Å²) < 4.78 is 13.2. The number of aromatic nitrogens is 2. The van der Waals surface area contributed by atoms with Crippen LogP contribution in [0.5, 0.6) is 5.75 Å². The van der Waals surface area contributed by atoms with E-state index < -0.39 is 0 Å². The third-order valence-electron chi connectivity index (χ3n) is 5.45. The van der Waals surface area contributed by atoms with Crippen molar-refractivity contribution in [2.75, 3.05) is 5.32 Å². The molecule has 170 valence electrons. The summed E-state index contributed by atoms with van der Waals surface area (Å²) in [7, 11) is 0. The van der Waals surface area contributed by atoms with E-state index in [-0.39, 0.29) is 18.3 Å². The first-order valence-electron chi connectivity index (χ1n) is 10.9. The molecule has 0 aliphatic rings. The number of nitrogens with zero attached hydrogens (tertiary/aromatic N) is 2. The lowest BCUT2D eigenvalue weighted by atomic mass is 9.99. The molecule has 0 aliphatic carbocycles. The first-order valence-corrected chi connectivity index (χ1v) is 11.3. The smallest absolute Gasteiger partial charge is 0.291 e. The molecular formula is C26H26ClN3O3. The van der Waals surface area contributed by atoms with Crippen molar-refractivity contribution in [3.63, 3.8) is 0 Å². The molecule has 0 fully saturated rings. The Labute approximate surface area is 198 Å². The number of furan rings is 1. The maximum absolute atomic E-state index is 12.5. The van der Waals surface area contributed by atoms with E-state index >= 15 is 0 Å². The van der Waals surface area contributed by atoms with Gasteiger partial charge < -0.3 is 14.5 Å². The summed E-state index contributed by atoms with van der Waals surface area (Å²) in [6.07, 6.45) is 4.45. The highest BCUT2D eigenvalue weighted by molar-refractivity contribution is 6.30. The number of hydrogen-bond donors (Lipinski definition) is 1. The highest BCUT2D eigenvalue weighted by Crippen LogP contribution is 2.22. The van der Waals surface area contributed by atoms with Crippen molar-refractivity contribution in [2.45, 2.75) is 39.3 Å². The van der Waals surface area contributed by atoms with E-state index in [2.05, 4.69) is 36.4 Å². The lowest BCUT2D eigenvalue weighted by Crippen LogP contribution is -2.10. The van der Waals surface area contributed by atoms with Crippen LogP contribution in [0, 0.1) is 0 Å². The predicted molar refractivity (Wildman–Crippen MR) is 129 cm³/mol. The number of nitrogens with one attached hydrogen (secondary N) is 1. The Morgan fingerprint density at radius 3 is 2.76 bits per heavy atom. The second-order valence-corrected chi connectivity index (χ2v) is 8.38. The minimum absolute atomic E-state index is 0.211. The van der Waals surface area contributed by atoms with Gasteiger partial charge in [-0.05, 0) is 59.9 Å². The first-order chi connectivity index (χ1) is 16.0. The average molecular weight is 464 g/mol. The SMILES string of the molecule is CCC(C)c1ccc(OCc2ccc(C(=O)Nc3cnn(Cc4cccc(Cl)c4)c3)o2)cc1. The third kappa shape index (κ3) is 6.05. The molecule has 2 aromatic carbocycles. The molecule has 0 spiro atoms. The minimum atomic E-state index is -0.346. The normalized spacial score (nSPS) is 11.8. The van der Waals surface area contributed by atoms with Crippen molar-refractivity contribution in [1.29, 1.82) is 0 Å². The fraction of sp³-hybridized carbons (Fsp3) is 0.231. The van der Waals surface area contributed by atoms with Gasteiger partial charge in [0.25, 0.3) is 5.91 Å². The molecule has 0 radical (unpaired) electrons. The average Bonchev–Trinajstić information content (AvgIpc) is 3.47. The van der Waals surface area contributed by atoms with Gasteiger partial charge in [-0.3, -0.25) is 9.48 Å². The zero-order valence-corrected chi connectivity index (χ0v) is 19.4. The van der Waals surface area contributed by atoms with Crippen LogP contribution in [-0.2, 0) is 13.2 Å². The van der Waals surface area contributed by atoms with Crippen LogP contribution >= 0.6 is 11.6 Å². The van der Waals surface area contributed by atoms with Crippen LogP contribution in [-0.4, -0.2) is 15.7 Å². The summed E-state index contributed by atoms with van der Waals surface area (Å²) in [4.78, 5) is 12.5. The third-order valence-corrected chi connectivity index (χ3v) is 5.69. The fourth-order valence-electron chi connectivity index (χ4n) is 3.39. The second kappa shape index (κ2) is 10.4. The molecule has 1 amide bonds. The van der Waals surface area contributed by atoms with Crippen LogP contribution in [0.25, 0.3) is 0 Å². The molecule has 6 nitrogen and oxygen atoms in total. The Bertz CT molecular complexity index is 1210. The molecule has 4 rings (SSSR count). The van der Waals surface area contributed by atoms with E-state index in [4.69, 9.17) is 20.8 Å². The Morgan fingerprint density at radius 2 is 2.00 bits per heavy atom. The number of carbonyl (C=O) groups is 1. The van der Waals surface area contributed by atoms with Crippen molar-refractivity contribution in [3.8, 4) is 5.75 Å². The predicted octanol–water partition coefficient (Wildman–Crippen LogP) is 6.52. The van der Waals surface area contributed by atoms with Crippen molar-refractivity contribution >= 4 is 23.2 Å². The summed E-state index contributed by atoms with van der Waals surface area (Å²) in [6.45, 7) is 5.17. The first kappa shape index (κ1) is 22.7. The molecule has 1 atom stereocenters. The van der Waals surface area contributed by atoms with Gasteiger partial charge in [-0.25, -0.2) is 0 Å². The van der Waals surface area contributed by atoms with E-state index in [0.29, 0.717) is 28.9 Å². The molecule has 1 unspecified atom stereocenters. The van der Waals surface area contributed by atoms with Crippen LogP contribution in [0.15, 0.2) is 77.5 Å². The van der Waals surface area contributed by atoms with Crippen LogP contribution in [0.3, 0.4) is 0 Å². The van der Waals surface area contributed by atoms with E-state index in [0.717, 1.165) is 17.7 Å². The van der Waals surface area contributed by atoms with Gasteiger partial charge in [0.1, 0.15) is 18.1 Å². The molecule has 0 aliphatic heterocycles. The van der Waals surface area contributed by atoms with Gasteiger partial charge in [0.15, 0.2) is 5.76 Å². The number of carbonyl (C=O) groups excluding carboxylic acids is 1. The molecule has 7 heteroatoms. The quantitative estimate of drug-likeness (QED) is 0.306. The fourth-order valence-corrected chi connectivity index (χ4v) is 3.60. The van der Waals surface area contributed by atoms with Crippen molar-refractivity contribution < 1.29 is 13.9 Å². The lowest BCUT2D eigenvalue weighted by Gasteiger charge is -2.10. The van der Waals surface area contributed by atoms with Gasteiger partial charge in [-0.2, -0.15) is 5.10 Å². The van der Waals surface area contributed by atoms with E-state index in [1.54, 1.807) is 29.2 Å². The zero-order chi connectivity index (χ0) is 23.2. The molecule has 2 aromatic heterocycles. The summed E-state index contributed by atoms with van der Waals surface area (Å²) in [5, 5.41) is 7.76. The van der Waals surface area contributed by atoms with Gasteiger partial charge in [-0.1, -0.05) is 49.7 Å². The minimum Gasteiger partial charge on any atom is -0.486 e. The van der Waals surface area contributed by atoms with Crippen LogP contribution in [0.1, 0.15) is 53.6 Å². The maximum atomic E-state index is 12.5. The molecule has 2 heterocycles.